The number of halogens is 3. The molecule has 0 saturated heterocycles. The normalized spacial score (nSPS) is 21.6. The average molecular weight is 458 g/mol. The highest BCUT2D eigenvalue weighted by Crippen LogP contribution is 2.49. The van der Waals surface area contributed by atoms with E-state index in [0.717, 1.165) is 38.9 Å². The van der Waals surface area contributed by atoms with Crippen LogP contribution in [0.15, 0.2) is 41.4 Å². The number of benzene rings is 1. The van der Waals surface area contributed by atoms with E-state index in [0.29, 0.717) is 5.56 Å². The van der Waals surface area contributed by atoms with E-state index >= 15 is 0 Å². The Morgan fingerprint density at radius 3 is 2.75 bits per heavy atom. The summed E-state index contributed by atoms with van der Waals surface area (Å²) in [6, 6.07) is 5.05. The quantitative estimate of drug-likeness (QED) is 0.518. The molecule has 1 amide bonds. The Labute approximate surface area is 188 Å². The van der Waals surface area contributed by atoms with Gasteiger partial charge in [-0.25, -0.2) is 4.99 Å². The van der Waals surface area contributed by atoms with E-state index in [1.165, 1.54) is 22.2 Å². The number of rotatable bonds is 4. The van der Waals surface area contributed by atoms with Gasteiger partial charge in [0.25, 0.3) is 0 Å². The summed E-state index contributed by atoms with van der Waals surface area (Å²) in [4.78, 5) is 19.5. The van der Waals surface area contributed by atoms with Crippen LogP contribution in [-0.2, 0) is 4.79 Å². The zero-order valence-corrected chi connectivity index (χ0v) is 18.5. The minimum absolute atomic E-state index is 0.0792. The van der Waals surface area contributed by atoms with E-state index in [2.05, 4.69) is 17.5 Å². The Kier molecular flexibility index (Phi) is 5.41. The Morgan fingerprint density at radius 2 is 2.12 bits per heavy atom. The number of hydrogen-bond donors (Lipinski definition) is 1. The van der Waals surface area contributed by atoms with Crippen molar-refractivity contribution in [3.05, 3.63) is 52.4 Å². The summed E-state index contributed by atoms with van der Waals surface area (Å²) in [5.74, 6) is 3.86. The molecule has 0 spiro atoms. The van der Waals surface area contributed by atoms with Crippen molar-refractivity contribution in [1.29, 1.82) is 0 Å². The molecule has 1 saturated carbocycles. The maximum Gasteiger partial charge on any atom is 0.458 e. The zero-order chi connectivity index (χ0) is 23.3. The predicted octanol–water partition coefficient (Wildman–Crippen LogP) is 5.02. The van der Waals surface area contributed by atoms with Crippen LogP contribution in [0.4, 0.5) is 13.2 Å². The minimum atomic E-state index is -4.52. The van der Waals surface area contributed by atoms with Gasteiger partial charge < -0.3 is 5.73 Å². The predicted molar refractivity (Wildman–Crippen MR) is 122 cm³/mol. The van der Waals surface area contributed by atoms with E-state index in [4.69, 9.17) is 5.73 Å². The second-order valence-corrected chi connectivity index (χ2v) is 9.29. The maximum absolute atomic E-state index is 12.5. The van der Waals surface area contributed by atoms with E-state index in [1.807, 2.05) is 19.1 Å². The molecule has 0 unspecified atom stereocenters. The fourth-order valence-corrected chi connectivity index (χ4v) is 5.07. The molecule has 1 aliphatic carbocycles. The van der Waals surface area contributed by atoms with Gasteiger partial charge in [0.15, 0.2) is 5.96 Å². The SMILES string of the molecule is C=C(/C=C\c1sc2ccc(C#CC(F)(F)F)cc2c1C)[C@]1(C2CC2)CC(=O)N(C)C(N)=N1. The largest absolute Gasteiger partial charge is 0.458 e. The number of nitrogens with two attached hydrogens (primary N) is 1. The number of fused-ring (bicyclic) bond motifs is 1. The number of aryl methyl sites for hydroxylation is 1. The highest BCUT2D eigenvalue weighted by Gasteiger charge is 2.50. The average Bonchev–Trinajstić information content (AvgIpc) is 3.53. The Morgan fingerprint density at radius 1 is 1.41 bits per heavy atom. The lowest BCUT2D eigenvalue weighted by Gasteiger charge is -2.37. The van der Waals surface area contributed by atoms with Gasteiger partial charge in [-0.05, 0) is 66.5 Å². The smallest absolute Gasteiger partial charge is 0.369 e. The second kappa shape index (κ2) is 7.82. The number of hydrogen-bond acceptors (Lipinski definition) is 4. The summed E-state index contributed by atoms with van der Waals surface area (Å²) in [5, 5.41) is 0.864. The number of nitrogens with zero attached hydrogens (tertiary/aromatic N) is 2. The van der Waals surface area contributed by atoms with Crippen LogP contribution in [0.2, 0.25) is 0 Å². The van der Waals surface area contributed by atoms with Crippen LogP contribution >= 0.6 is 11.3 Å². The molecule has 2 N–H and O–H groups in total. The highest BCUT2D eigenvalue weighted by atomic mass is 32.1. The molecular weight excluding hydrogens is 435 g/mol. The first-order valence-corrected chi connectivity index (χ1v) is 10.9. The first-order chi connectivity index (χ1) is 15.0. The van der Waals surface area contributed by atoms with Crippen LogP contribution in [0.25, 0.3) is 16.2 Å². The summed E-state index contributed by atoms with van der Waals surface area (Å²) < 4.78 is 38.2. The maximum atomic E-state index is 12.5. The molecule has 0 bridgehead atoms. The van der Waals surface area contributed by atoms with Crippen molar-refractivity contribution in [3.63, 3.8) is 0 Å². The third-order valence-electron chi connectivity index (χ3n) is 6.02. The van der Waals surface area contributed by atoms with Gasteiger partial charge in [0.2, 0.25) is 5.91 Å². The van der Waals surface area contributed by atoms with Crippen molar-refractivity contribution in [1.82, 2.24) is 4.90 Å². The van der Waals surface area contributed by atoms with Crippen molar-refractivity contribution < 1.29 is 18.0 Å². The van der Waals surface area contributed by atoms with Gasteiger partial charge in [-0.1, -0.05) is 18.6 Å². The standard InChI is InChI=1S/C24H22F3N3OS/c1-14(23(17-6-7-17)13-21(31)30(3)22(28)29-23)4-8-19-15(2)18-12-16(5-9-20(18)32-19)10-11-24(25,26)27/h4-5,8-9,12,17H,1,6-7,13H2,2-3H3,(H2,28,29)/b8-4-/t23-/m0/s1. The van der Waals surface area contributed by atoms with Crippen LogP contribution in [0.3, 0.4) is 0 Å². The molecule has 1 aliphatic heterocycles. The number of aliphatic imine (C=N–C) groups is 1. The van der Waals surface area contributed by atoms with Crippen molar-refractivity contribution in [3.8, 4) is 11.8 Å². The van der Waals surface area contributed by atoms with Crippen molar-refractivity contribution in [2.24, 2.45) is 16.6 Å². The number of carbonyl (C=O) groups is 1. The molecule has 0 radical (unpaired) electrons. The highest BCUT2D eigenvalue weighted by molar-refractivity contribution is 7.20. The number of alkyl halides is 3. The Balaban J connectivity index is 1.64. The monoisotopic (exact) mass is 457 g/mol. The molecule has 1 fully saturated rings. The number of carbonyl (C=O) groups excluding carboxylic acids is 1. The van der Waals surface area contributed by atoms with Gasteiger partial charge in [-0.3, -0.25) is 9.69 Å². The molecule has 2 heterocycles. The zero-order valence-electron chi connectivity index (χ0n) is 17.7. The number of guanidine groups is 1. The molecule has 2 aromatic rings. The van der Waals surface area contributed by atoms with Gasteiger partial charge in [-0.15, -0.1) is 11.3 Å². The lowest BCUT2D eigenvalue weighted by molar-refractivity contribution is -0.128. The van der Waals surface area contributed by atoms with Crippen molar-refractivity contribution in [2.75, 3.05) is 7.05 Å². The molecule has 4 rings (SSSR count). The van der Waals surface area contributed by atoms with Crippen LogP contribution in [0, 0.1) is 24.7 Å². The molecule has 1 aromatic heterocycles. The van der Waals surface area contributed by atoms with Crippen LogP contribution in [0.1, 0.15) is 35.3 Å². The van der Waals surface area contributed by atoms with E-state index in [-0.39, 0.29) is 24.2 Å². The van der Waals surface area contributed by atoms with Gasteiger partial charge >= 0.3 is 6.18 Å². The van der Waals surface area contributed by atoms with E-state index < -0.39 is 11.7 Å². The molecule has 166 valence electrons. The molecular formula is C24H22F3N3OS. The summed E-state index contributed by atoms with van der Waals surface area (Å²) in [6.07, 6.45) is 1.49. The number of thiophene rings is 1. The third-order valence-corrected chi connectivity index (χ3v) is 7.26. The second-order valence-electron chi connectivity index (χ2n) is 8.21. The van der Waals surface area contributed by atoms with E-state index in [9.17, 15) is 18.0 Å². The lowest BCUT2D eigenvalue weighted by atomic mass is 9.81. The molecule has 8 heteroatoms. The van der Waals surface area contributed by atoms with Crippen LogP contribution in [0.5, 0.6) is 0 Å². The molecule has 1 aromatic carbocycles. The van der Waals surface area contributed by atoms with Gasteiger partial charge in [0.05, 0.1) is 6.42 Å². The molecule has 4 nitrogen and oxygen atoms in total. The van der Waals surface area contributed by atoms with Crippen molar-refractivity contribution in [2.45, 2.75) is 37.9 Å². The minimum Gasteiger partial charge on any atom is -0.369 e. The van der Waals surface area contributed by atoms with Gasteiger partial charge in [-0.2, -0.15) is 13.2 Å². The van der Waals surface area contributed by atoms with Crippen LogP contribution < -0.4 is 5.73 Å². The fraction of sp³-hybridized carbons (Fsp3) is 0.333. The lowest BCUT2D eigenvalue weighted by Crippen LogP contribution is -2.51. The molecule has 1 atom stereocenters. The Hall–Kier alpha value is -3.05. The molecule has 2 aliphatic rings. The molecule has 32 heavy (non-hydrogen) atoms. The topological polar surface area (TPSA) is 58.7 Å². The fourth-order valence-electron chi connectivity index (χ4n) is 3.98. The van der Waals surface area contributed by atoms with Crippen molar-refractivity contribution >= 4 is 39.4 Å². The third kappa shape index (κ3) is 4.17. The Bertz CT molecular complexity index is 1240. The van der Waals surface area contributed by atoms with Gasteiger partial charge in [0.1, 0.15) is 5.54 Å². The summed E-state index contributed by atoms with van der Waals surface area (Å²) in [7, 11) is 1.62. The summed E-state index contributed by atoms with van der Waals surface area (Å²) >= 11 is 1.54. The van der Waals surface area contributed by atoms with Crippen LogP contribution in [-0.4, -0.2) is 35.5 Å². The van der Waals surface area contributed by atoms with Gasteiger partial charge in [0, 0.05) is 28.1 Å². The van der Waals surface area contributed by atoms with E-state index in [1.54, 1.807) is 25.2 Å². The summed E-state index contributed by atoms with van der Waals surface area (Å²) in [6.45, 7) is 6.15. The number of amides is 1. The first kappa shape index (κ1) is 22.2. The first-order valence-electron chi connectivity index (χ1n) is 10.1. The summed E-state index contributed by atoms with van der Waals surface area (Å²) in [5.41, 5.74) is 7.30.